The van der Waals surface area contributed by atoms with Crippen LogP contribution in [0.1, 0.15) is 60.2 Å². The summed E-state index contributed by atoms with van der Waals surface area (Å²) in [4.78, 5) is 21.7. The van der Waals surface area contributed by atoms with Crippen molar-refractivity contribution in [2.75, 3.05) is 0 Å². The molecule has 138 valence electrons. The second-order valence-corrected chi connectivity index (χ2v) is 7.46. The van der Waals surface area contributed by atoms with Crippen LogP contribution < -0.4 is 10.2 Å². The average molecular weight is 713 g/mol. The Balaban J connectivity index is -0.000000454. The van der Waals surface area contributed by atoms with E-state index in [1.807, 2.05) is 0 Å². The van der Waals surface area contributed by atoms with Crippen molar-refractivity contribution >= 4 is 99.6 Å². The van der Waals surface area contributed by atoms with Crippen LogP contribution in [-0.4, -0.2) is 35.8 Å². The molecule has 4 radical (unpaired) electrons. The molecular formula is C16H18Br4O4Sn. The first kappa shape index (κ1) is 30.6. The maximum Gasteiger partial charge on any atom is 2.00 e. The molecule has 0 N–H and O–H groups in total. The standard InChI is InChI=1S/C8H2Br4O4.2C4H9.Sn/c9-3-1(7(13)14)2(8(15)16)4(10)6(12)5(3)11;2*1-3-4-2;/h(H,13,14)(H,15,16);2*1,3-4H2,2H3;/q;;;+2/p-2. The number of rotatable bonds is 4. The summed E-state index contributed by atoms with van der Waals surface area (Å²) in [5.41, 5.74) is -0.969. The fourth-order valence-electron chi connectivity index (χ4n) is 1.02. The van der Waals surface area contributed by atoms with Gasteiger partial charge in [-0.25, -0.2) is 0 Å². The van der Waals surface area contributed by atoms with E-state index in [2.05, 4.69) is 91.4 Å². The summed E-state index contributed by atoms with van der Waals surface area (Å²) in [5, 5.41) is 21.7. The average Bonchev–Trinajstić information content (AvgIpc) is 2.55. The molecule has 1 rings (SSSR count). The van der Waals surface area contributed by atoms with Gasteiger partial charge in [0, 0.05) is 29.0 Å². The van der Waals surface area contributed by atoms with E-state index in [1.165, 1.54) is 12.8 Å². The van der Waals surface area contributed by atoms with E-state index in [0.29, 0.717) is 8.95 Å². The largest absolute Gasteiger partial charge is 2.00 e. The number of aromatic carboxylic acids is 2. The minimum Gasteiger partial charge on any atom is -0.545 e. The van der Waals surface area contributed by atoms with Gasteiger partial charge in [0.05, 0.1) is 11.9 Å². The Morgan fingerprint density at radius 3 is 1.08 bits per heavy atom. The van der Waals surface area contributed by atoms with Crippen molar-refractivity contribution in [3.05, 3.63) is 42.9 Å². The van der Waals surface area contributed by atoms with Crippen LogP contribution >= 0.6 is 63.7 Å². The quantitative estimate of drug-likeness (QED) is 0.265. The van der Waals surface area contributed by atoms with Gasteiger partial charge < -0.3 is 19.8 Å². The third-order valence-corrected chi connectivity index (χ3v) is 7.15. The zero-order chi connectivity index (χ0) is 19.4. The van der Waals surface area contributed by atoms with Crippen LogP contribution in [0.2, 0.25) is 0 Å². The first-order chi connectivity index (χ1) is 11.1. The Hall–Kier alpha value is 0.879. The first-order valence-electron chi connectivity index (χ1n) is 6.99. The smallest absolute Gasteiger partial charge is 0.545 e. The van der Waals surface area contributed by atoms with Crippen molar-refractivity contribution in [2.24, 2.45) is 0 Å². The number of hydrogen-bond donors (Lipinski definition) is 0. The van der Waals surface area contributed by atoms with Gasteiger partial charge in [0.2, 0.25) is 0 Å². The molecule has 0 saturated carbocycles. The maximum atomic E-state index is 10.9. The number of carbonyl (C=O) groups is 2. The molecule has 1 aromatic carbocycles. The second kappa shape index (κ2) is 17.0. The molecule has 0 aliphatic heterocycles. The number of hydrogen-bond acceptors (Lipinski definition) is 4. The molecule has 0 unspecified atom stereocenters. The summed E-state index contributed by atoms with van der Waals surface area (Å²) in [7, 11) is 0. The number of carboxylic acids is 2. The number of halogens is 4. The fraction of sp³-hybridized carbons (Fsp3) is 0.375. The molecule has 0 spiro atoms. The molecule has 0 bridgehead atoms. The summed E-state index contributed by atoms with van der Waals surface area (Å²) >= 11 is 12.2. The van der Waals surface area contributed by atoms with Crippen molar-refractivity contribution in [1.82, 2.24) is 0 Å². The summed E-state index contributed by atoms with van der Waals surface area (Å²) in [6.45, 7) is 11.4. The third-order valence-electron chi connectivity index (χ3n) is 2.38. The van der Waals surface area contributed by atoms with Gasteiger partial charge in [0.25, 0.3) is 0 Å². The van der Waals surface area contributed by atoms with Gasteiger partial charge in [0.15, 0.2) is 0 Å². The molecule has 1 aromatic rings. The van der Waals surface area contributed by atoms with E-state index >= 15 is 0 Å². The molecule has 0 aliphatic carbocycles. The van der Waals surface area contributed by atoms with E-state index in [4.69, 9.17) is 0 Å². The van der Waals surface area contributed by atoms with Crippen LogP contribution in [-0.2, 0) is 0 Å². The van der Waals surface area contributed by atoms with Crippen molar-refractivity contribution in [3.63, 3.8) is 0 Å². The minimum atomic E-state index is -1.61. The van der Waals surface area contributed by atoms with E-state index in [-0.39, 0.29) is 32.9 Å². The van der Waals surface area contributed by atoms with E-state index in [9.17, 15) is 19.8 Å². The van der Waals surface area contributed by atoms with E-state index in [1.54, 1.807) is 0 Å². The minimum absolute atomic E-state index is 0. The summed E-state index contributed by atoms with van der Waals surface area (Å²) in [6.07, 6.45) is 4.56. The van der Waals surface area contributed by atoms with Crippen molar-refractivity contribution in [2.45, 2.75) is 39.5 Å². The number of carboxylic acid groups (broad SMARTS) is 2. The Morgan fingerprint density at radius 2 is 0.960 bits per heavy atom. The molecule has 0 saturated heterocycles. The van der Waals surface area contributed by atoms with E-state index in [0.717, 1.165) is 12.8 Å². The summed E-state index contributed by atoms with van der Waals surface area (Å²) in [6, 6.07) is 0. The van der Waals surface area contributed by atoms with Crippen molar-refractivity contribution in [1.29, 1.82) is 0 Å². The van der Waals surface area contributed by atoms with Gasteiger partial charge in [-0.2, -0.15) is 0 Å². The normalized spacial score (nSPS) is 8.96. The van der Waals surface area contributed by atoms with Gasteiger partial charge >= 0.3 is 23.9 Å². The van der Waals surface area contributed by atoms with Crippen LogP contribution in [0.5, 0.6) is 0 Å². The maximum absolute atomic E-state index is 10.9. The third kappa shape index (κ3) is 10.7. The molecular weight excluding hydrogens is 694 g/mol. The predicted molar refractivity (Wildman–Crippen MR) is 112 cm³/mol. The number of unbranched alkanes of at least 4 members (excludes halogenated alkanes) is 2. The molecule has 0 heterocycles. The molecule has 0 fully saturated rings. The Labute approximate surface area is 200 Å². The van der Waals surface area contributed by atoms with E-state index < -0.39 is 23.1 Å². The zero-order valence-electron chi connectivity index (χ0n) is 13.9. The monoisotopic (exact) mass is 710 g/mol. The SMILES string of the molecule is O=C([O-])c1c(Br)c(Br)c(Br)c(Br)c1C(=O)[O-].[CH2]CCC.[CH2]CCC.[Sn+2]. The number of benzene rings is 1. The van der Waals surface area contributed by atoms with Crippen LogP contribution in [0.4, 0.5) is 0 Å². The number of carbonyl (C=O) groups excluding carboxylic acids is 2. The molecule has 9 heteroatoms. The van der Waals surface area contributed by atoms with Crippen LogP contribution in [0, 0.1) is 13.8 Å². The fourth-order valence-corrected chi connectivity index (χ4v) is 3.46. The van der Waals surface area contributed by atoms with Crippen molar-refractivity contribution < 1.29 is 19.8 Å². The molecule has 0 amide bonds. The van der Waals surface area contributed by atoms with Crippen molar-refractivity contribution in [3.8, 4) is 0 Å². The van der Waals surface area contributed by atoms with Crippen LogP contribution in [0.15, 0.2) is 17.9 Å². The second-order valence-electron chi connectivity index (χ2n) is 4.29. The Morgan fingerprint density at radius 1 is 0.760 bits per heavy atom. The van der Waals surface area contributed by atoms with Crippen LogP contribution in [0.3, 0.4) is 0 Å². The Bertz CT molecular complexity index is 513. The van der Waals surface area contributed by atoms with Gasteiger partial charge in [-0.15, -0.1) is 0 Å². The topological polar surface area (TPSA) is 80.3 Å². The van der Waals surface area contributed by atoms with Gasteiger partial charge in [-0.3, -0.25) is 0 Å². The van der Waals surface area contributed by atoms with Gasteiger partial charge in [0.1, 0.15) is 0 Å². The Kier molecular flexibility index (Phi) is 20.8. The first-order valence-corrected chi connectivity index (χ1v) is 10.2. The molecule has 0 atom stereocenters. The summed E-state index contributed by atoms with van der Waals surface area (Å²) in [5.74, 6) is -3.22. The molecule has 4 nitrogen and oxygen atoms in total. The zero-order valence-corrected chi connectivity index (χ0v) is 23.1. The summed E-state index contributed by atoms with van der Waals surface area (Å²) < 4.78 is 0.871. The van der Waals surface area contributed by atoms with Gasteiger partial charge in [-0.1, -0.05) is 53.4 Å². The van der Waals surface area contributed by atoms with Crippen LogP contribution in [0.25, 0.3) is 0 Å². The van der Waals surface area contributed by atoms with Gasteiger partial charge in [-0.05, 0) is 63.7 Å². The molecule has 0 aromatic heterocycles. The predicted octanol–water partition coefficient (Wildman–Crippen LogP) is 4.32. The molecule has 0 aliphatic rings. The molecule has 25 heavy (non-hydrogen) atoms.